The minimum Gasteiger partial charge on any atom is -0.623 e. The molecule has 1 fully saturated rings. The summed E-state index contributed by atoms with van der Waals surface area (Å²) in [4.78, 5) is 1.94. The molecule has 0 radical (unpaired) electrons. The SMILES string of the molecule is C=CCCN1CC(O)[N+]([O-])(c2nnc(CCC)s2)C1. The summed E-state index contributed by atoms with van der Waals surface area (Å²) in [5.41, 5.74) is 0. The van der Waals surface area contributed by atoms with Gasteiger partial charge in [0.2, 0.25) is 6.23 Å². The van der Waals surface area contributed by atoms with Crippen LogP contribution in [0, 0.1) is 5.21 Å². The Hall–Kier alpha value is -0.860. The lowest BCUT2D eigenvalue weighted by atomic mass is 10.4. The number of aliphatic hydroxyl groups excluding tert-OH is 1. The molecule has 0 amide bonds. The first-order valence-corrected chi connectivity index (χ1v) is 7.34. The molecule has 6 nitrogen and oxygen atoms in total. The van der Waals surface area contributed by atoms with Crippen LogP contribution >= 0.6 is 11.3 Å². The highest BCUT2D eigenvalue weighted by atomic mass is 32.1. The van der Waals surface area contributed by atoms with Gasteiger partial charge in [-0.2, -0.15) is 0 Å². The van der Waals surface area contributed by atoms with Crippen LogP contribution in [-0.4, -0.2) is 46.2 Å². The highest BCUT2D eigenvalue weighted by molar-refractivity contribution is 7.15. The molecule has 0 aliphatic carbocycles. The first-order chi connectivity index (χ1) is 9.10. The van der Waals surface area contributed by atoms with E-state index in [1.165, 1.54) is 11.3 Å². The van der Waals surface area contributed by atoms with E-state index in [0.29, 0.717) is 11.7 Å². The number of β-amino-alcohol motifs (C(OH)–C–C–N with tert-alkyl or cyclic N) is 1. The van der Waals surface area contributed by atoms with Gasteiger partial charge in [-0.3, -0.25) is 4.65 Å². The van der Waals surface area contributed by atoms with Gasteiger partial charge in [-0.15, -0.1) is 11.7 Å². The molecule has 7 heteroatoms. The van der Waals surface area contributed by atoms with Crippen LogP contribution in [0.3, 0.4) is 0 Å². The molecule has 1 aliphatic heterocycles. The van der Waals surface area contributed by atoms with Gasteiger partial charge in [-0.05, 0) is 24.2 Å². The monoisotopic (exact) mass is 284 g/mol. The Morgan fingerprint density at radius 3 is 3.11 bits per heavy atom. The fourth-order valence-corrected chi connectivity index (χ4v) is 3.16. The number of aromatic nitrogens is 2. The fraction of sp³-hybridized carbons (Fsp3) is 0.667. The molecule has 1 aliphatic rings. The van der Waals surface area contributed by atoms with Crippen LogP contribution in [0.4, 0.5) is 5.13 Å². The summed E-state index contributed by atoms with van der Waals surface area (Å²) in [5, 5.41) is 32.0. The van der Waals surface area contributed by atoms with Crippen LogP contribution in [0.2, 0.25) is 0 Å². The molecule has 2 heterocycles. The highest BCUT2D eigenvalue weighted by Crippen LogP contribution is 2.33. The van der Waals surface area contributed by atoms with E-state index in [1.807, 2.05) is 11.0 Å². The van der Waals surface area contributed by atoms with Crippen LogP contribution < -0.4 is 4.65 Å². The quantitative estimate of drug-likeness (QED) is 0.486. The number of aliphatic hydroxyl groups is 1. The van der Waals surface area contributed by atoms with Gasteiger partial charge in [0, 0.05) is 13.0 Å². The number of rotatable bonds is 6. The summed E-state index contributed by atoms with van der Waals surface area (Å²) in [6, 6.07) is 0. The summed E-state index contributed by atoms with van der Waals surface area (Å²) >= 11 is 1.31. The number of nitrogens with zero attached hydrogens (tertiary/aromatic N) is 4. The van der Waals surface area contributed by atoms with Gasteiger partial charge in [-0.1, -0.05) is 18.1 Å². The third-order valence-electron chi connectivity index (χ3n) is 3.21. The molecule has 1 aromatic rings. The van der Waals surface area contributed by atoms with Gasteiger partial charge < -0.3 is 10.3 Å². The molecular weight excluding hydrogens is 264 g/mol. The standard InChI is InChI=1S/C12H20N4O2S/c1-3-5-7-15-8-11(17)16(18,9-15)12-14-13-10(19-12)6-4-2/h3,11,17H,1,4-9H2,2H3. The zero-order chi connectivity index (χ0) is 13.9. The van der Waals surface area contributed by atoms with Crippen molar-refractivity contribution < 1.29 is 5.11 Å². The lowest BCUT2D eigenvalue weighted by molar-refractivity contribution is 0.0843. The van der Waals surface area contributed by atoms with E-state index in [0.717, 1.165) is 30.8 Å². The number of aryl methyl sites for hydroxylation is 1. The summed E-state index contributed by atoms with van der Waals surface area (Å²) in [6.45, 7) is 7.07. The molecule has 0 spiro atoms. The van der Waals surface area contributed by atoms with Crippen LogP contribution in [-0.2, 0) is 6.42 Å². The van der Waals surface area contributed by atoms with Gasteiger partial charge in [0.1, 0.15) is 11.7 Å². The number of hydroxylamine groups is 2. The van der Waals surface area contributed by atoms with Crippen molar-refractivity contribution in [3.8, 4) is 0 Å². The number of hydrogen-bond acceptors (Lipinski definition) is 6. The van der Waals surface area contributed by atoms with E-state index in [2.05, 4.69) is 23.7 Å². The van der Waals surface area contributed by atoms with E-state index < -0.39 is 10.9 Å². The largest absolute Gasteiger partial charge is 0.623 e. The molecule has 0 bridgehead atoms. The van der Waals surface area contributed by atoms with Gasteiger partial charge >= 0.3 is 5.13 Å². The van der Waals surface area contributed by atoms with Crippen LogP contribution in [0.1, 0.15) is 24.8 Å². The van der Waals surface area contributed by atoms with Gasteiger partial charge in [0.15, 0.2) is 0 Å². The van der Waals surface area contributed by atoms with Gasteiger partial charge in [-0.25, -0.2) is 4.90 Å². The maximum absolute atomic E-state index is 12.8. The zero-order valence-corrected chi connectivity index (χ0v) is 12.0. The van der Waals surface area contributed by atoms with Crippen molar-refractivity contribution in [2.45, 2.75) is 32.4 Å². The smallest absolute Gasteiger partial charge is 0.309 e. The van der Waals surface area contributed by atoms with Crippen molar-refractivity contribution in [3.05, 3.63) is 22.9 Å². The normalized spacial score (nSPS) is 27.8. The molecule has 1 N–H and O–H groups in total. The Balaban J connectivity index is 2.10. The topological polar surface area (TPSA) is 72.3 Å². The Bertz CT molecular complexity index is 439. The van der Waals surface area contributed by atoms with E-state index in [-0.39, 0.29) is 6.67 Å². The summed E-state index contributed by atoms with van der Waals surface area (Å²) < 4.78 is -0.793. The minimum absolute atomic E-state index is 0.232. The Morgan fingerprint density at radius 2 is 2.42 bits per heavy atom. The predicted molar refractivity (Wildman–Crippen MR) is 76.3 cm³/mol. The molecule has 2 atom stereocenters. The Kier molecular flexibility index (Phi) is 4.64. The van der Waals surface area contributed by atoms with E-state index in [1.54, 1.807) is 0 Å². The van der Waals surface area contributed by atoms with E-state index in [9.17, 15) is 10.3 Å². The summed E-state index contributed by atoms with van der Waals surface area (Å²) in [5.74, 6) is 0. The Labute approximate surface area is 117 Å². The lowest BCUT2D eigenvalue weighted by Gasteiger charge is -2.36. The molecule has 0 saturated carbocycles. The Morgan fingerprint density at radius 1 is 1.63 bits per heavy atom. The van der Waals surface area contributed by atoms with Crippen molar-refractivity contribution in [3.63, 3.8) is 0 Å². The predicted octanol–water partition coefficient (Wildman–Crippen LogP) is 1.46. The van der Waals surface area contributed by atoms with Crippen molar-refractivity contribution in [2.75, 3.05) is 19.8 Å². The second-order valence-corrected chi connectivity index (χ2v) is 5.84. The van der Waals surface area contributed by atoms with Crippen molar-refractivity contribution in [2.24, 2.45) is 0 Å². The first kappa shape index (κ1) is 14.5. The molecule has 2 rings (SSSR count). The average Bonchev–Trinajstić information content (AvgIpc) is 2.95. The third-order valence-corrected chi connectivity index (χ3v) is 4.30. The van der Waals surface area contributed by atoms with E-state index >= 15 is 0 Å². The second-order valence-electron chi connectivity index (χ2n) is 4.80. The van der Waals surface area contributed by atoms with Crippen LogP contribution in [0.5, 0.6) is 0 Å². The van der Waals surface area contributed by atoms with Gasteiger partial charge in [0.25, 0.3) is 0 Å². The lowest BCUT2D eigenvalue weighted by Crippen LogP contribution is -2.48. The molecule has 1 saturated heterocycles. The average molecular weight is 284 g/mol. The first-order valence-electron chi connectivity index (χ1n) is 6.53. The van der Waals surface area contributed by atoms with Gasteiger partial charge in [0.05, 0.1) is 6.54 Å². The van der Waals surface area contributed by atoms with Crippen LogP contribution in [0.15, 0.2) is 12.7 Å². The van der Waals surface area contributed by atoms with Crippen molar-refractivity contribution >= 4 is 16.5 Å². The van der Waals surface area contributed by atoms with Crippen molar-refractivity contribution in [1.82, 2.24) is 19.7 Å². The number of quaternary nitrogens is 1. The van der Waals surface area contributed by atoms with Crippen LogP contribution in [0.25, 0.3) is 0 Å². The molecule has 2 unspecified atom stereocenters. The molecule has 19 heavy (non-hydrogen) atoms. The van der Waals surface area contributed by atoms with E-state index in [4.69, 9.17) is 0 Å². The second kappa shape index (κ2) is 6.06. The molecule has 106 valence electrons. The molecule has 1 aromatic heterocycles. The maximum atomic E-state index is 12.8. The number of hydrogen-bond donors (Lipinski definition) is 1. The minimum atomic E-state index is -0.979. The maximum Gasteiger partial charge on any atom is 0.309 e. The summed E-state index contributed by atoms with van der Waals surface area (Å²) in [7, 11) is 0. The zero-order valence-electron chi connectivity index (χ0n) is 11.2. The highest BCUT2D eigenvalue weighted by Gasteiger charge is 2.42. The molecule has 0 aromatic carbocycles. The third kappa shape index (κ3) is 3.01. The fourth-order valence-electron chi connectivity index (χ4n) is 2.15. The summed E-state index contributed by atoms with van der Waals surface area (Å²) in [6.07, 6.45) is 3.45. The molecular formula is C12H20N4O2S. The van der Waals surface area contributed by atoms with Crippen molar-refractivity contribution in [1.29, 1.82) is 0 Å².